The van der Waals surface area contributed by atoms with Gasteiger partial charge in [-0.05, 0) is 50.5 Å². The Labute approximate surface area is 126 Å². The Hall–Kier alpha value is -0.290. The van der Waals surface area contributed by atoms with Crippen molar-refractivity contribution >= 4 is 0 Å². The molecule has 0 aromatic heterocycles. The summed E-state index contributed by atoms with van der Waals surface area (Å²) in [4.78, 5) is 0. The third-order valence-corrected chi connectivity index (χ3v) is 4.71. The Morgan fingerprint density at radius 3 is 2.57 bits per heavy atom. The van der Waals surface area contributed by atoms with Crippen LogP contribution in [0, 0.1) is 17.8 Å². The maximum absolute atomic E-state index is 13.0. The fraction of sp³-hybridized carbons (Fsp3) is 1.00. The molecule has 0 spiro atoms. The van der Waals surface area contributed by atoms with E-state index in [1.54, 1.807) is 7.11 Å². The summed E-state index contributed by atoms with van der Waals surface area (Å²) in [5.74, 6) is -0.644. The lowest BCUT2D eigenvalue weighted by Gasteiger charge is -2.38. The van der Waals surface area contributed by atoms with E-state index in [2.05, 4.69) is 19.2 Å². The Morgan fingerprint density at radius 2 is 2.00 bits per heavy atom. The predicted octanol–water partition coefficient (Wildman–Crippen LogP) is 4.40. The summed E-state index contributed by atoms with van der Waals surface area (Å²) >= 11 is 0. The quantitative estimate of drug-likeness (QED) is 0.718. The Balaban J connectivity index is 2.67. The van der Waals surface area contributed by atoms with E-state index in [-0.39, 0.29) is 18.4 Å². The molecule has 0 aromatic rings. The zero-order chi connectivity index (χ0) is 15.9. The summed E-state index contributed by atoms with van der Waals surface area (Å²) in [6, 6.07) is 0.172. The van der Waals surface area contributed by atoms with Gasteiger partial charge in [-0.1, -0.05) is 20.3 Å². The molecule has 1 saturated carbocycles. The molecule has 1 aliphatic carbocycles. The maximum Gasteiger partial charge on any atom is 0.391 e. The molecule has 0 heterocycles. The van der Waals surface area contributed by atoms with Crippen molar-refractivity contribution in [3.63, 3.8) is 0 Å². The van der Waals surface area contributed by atoms with Gasteiger partial charge in [-0.25, -0.2) is 0 Å². The maximum atomic E-state index is 13.0. The Morgan fingerprint density at radius 1 is 1.29 bits per heavy atom. The zero-order valence-corrected chi connectivity index (χ0v) is 13.5. The first-order chi connectivity index (χ1) is 9.90. The molecule has 0 amide bonds. The number of nitrogens with one attached hydrogen (secondary N) is 1. The molecule has 1 rings (SSSR count). The predicted molar refractivity (Wildman–Crippen MR) is 79.2 cm³/mol. The summed E-state index contributed by atoms with van der Waals surface area (Å²) in [5, 5.41) is 3.50. The number of methoxy groups -OCH3 is 1. The molecular weight excluding hydrogens is 279 g/mol. The van der Waals surface area contributed by atoms with E-state index in [9.17, 15) is 13.2 Å². The van der Waals surface area contributed by atoms with Crippen molar-refractivity contribution in [3.8, 4) is 0 Å². The van der Waals surface area contributed by atoms with Gasteiger partial charge in [0.25, 0.3) is 0 Å². The topological polar surface area (TPSA) is 21.3 Å². The molecule has 4 unspecified atom stereocenters. The van der Waals surface area contributed by atoms with Crippen molar-refractivity contribution in [2.75, 3.05) is 20.3 Å². The summed E-state index contributed by atoms with van der Waals surface area (Å²) in [5.41, 5.74) is 0. The molecule has 0 aliphatic heterocycles. The van der Waals surface area contributed by atoms with Crippen LogP contribution in [-0.4, -0.2) is 32.5 Å². The SMILES string of the molecule is CCCNC(C(C)CCOC)C1CCCC(C(F)(F)F)C1. The van der Waals surface area contributed by atoms with Crippen LogP contribution in [0.2, 0.25) is 0 Å². The van der Waals surface area contributed by atoms with E-state index in [1.165, 1.54) is 0 Å². The van der Waals surface area contributed by atoms with Gasteiger partial charge in [-0.3, -0.25) is 0 Å². The van der Waals surface area contributed by atoms with Gasteiger partial charge in [0.15, 0.2) is 0 Å². The van der Waals surface area contributed by atoms with E-state index in [4.69, 9.17) is 4.74 Å². The molecule has 1 aliphatic rings. The number of rotatable bonds is 8. The smallest absolute Gasteiger partial charge is 0.385 e. The van der Waals surface area contributed by atoms with Crippen LogP contribution < -0.4 is 5.32 Å². The van der Waals surface area contributed by atoms with Gasteiger partial charge in [-0.2, -0.15) is 13.2 Å². The van der Waals surface area contributed by atoms with Gasteiger partial charge in [0.1, 0.15) is 0 Å². The third-order valence-electron chi connectivity index (χ3n) is 4.71. The number of hydrogen-bond donors (Lipinski definition) is 1. The van der Waals surface area contributed by atoms with Crippen LogP contribution in [-0.2, 0) is 4.74 Å². The number of hydrogen-bond acceptors (Lipinski definition) is 2. The summed E-state index contributed by atoms with van der Waals surface area (Å²) < 4.78 is 44.1. The minimum atomic E-state index is -4.04. The monoisotopic (exact) mass is 309 g/mol. The highest BCUT2D eigenvalue weighted by Gasteiger charge is 2.44. The van der Waals surface area contributed by atoms with Gasteiger partial charge in [0, 0.05) is 19.8 Å². The van der Waals surface area contributed by atoms with Crippen molar-refractivity contribution in [2.24, 2.45) is 17.8 Å². The van der Waals surface area contributed by atoms with E-state index in [0.29, 0.717) is 25.4 Å². The van der Waals surface area contributed by atoms with Crippen molar-refractivity contribution in [3.05, 3.63) is 0 Å². The van der Waals surface area contributed by atoms with Crippen LogP contribution in [0.4, 0.5) is 13.2 Å². The highest BCUT2D eigenvalue weighted by molar-refractivity contribution is 4.87. The van der Waals surface area contributed by atoms with Crippen LogP contribution in [0.15, 0.2) is 0 Å². The average molecular weight is 309 g/mol. The third kappa shape index (κ3) is 6.15. The van der Waals surface area contributed by atoms with Crippen LogP contribution in [0.25, 0.3) is 0 Å². The second kappa shape index (κ2) is 8.99. The number of halogens is 3. The first-order valence-corrected chi connectivity index (χ1v) is 8.19. The lowest BCUT2D eigenvalue weighted by Crippen LogP contribution is -2.45. The molecule has 0 saturated heterocycles. The second-order valence-corrected chi connectivity index (χ2v) is 6.40. The summed E-state index contributed by atoms with van der Waals surface area (Å²) in [6.07, 6.45) is 0.0360. The zero-order valence-electron chi connectivity index (χ0n) is 13.5. The standard InChI is InChI=1S/C16H30F3NO/c1-4-9-20-15(12(2)8-10-21-3)13-6-5-7-14(11-13)16(17,18)19/h12-15,20H,4-11H2,1-3H3. The second-order valence-electron chi connectivity index (χ2n) is 6.40. The van der Waals surface area contributed by atoms with Crippen LogP contribution in [0.1, 0.15) is 52.4 Å². The molecule has 5 heteroatoms. The van der Waals surface area contributed by atoms with Crippen molar-refractivity contribution < 1.29 is 17.9 Å². The fourth-order valence-corrected chi connectivity index (χ4v) is 3.48. The minimum Gasteiger partial charge on any atom is -0.385 e. The molecule has 1 fully saturated rings. The van der Waals surface area contributed by atoms with Crippen LogP contribution in [0.5, 0.6) is 0 Å². The van der Waals surface area contributed by atoms with Crippen molar-refractivity contribution in [2.45, 2.75) is 64.6 Å². The van der Waals surface area contributed by atoms with E-state index < -0.39 is 12.1 Å². The van der Waals surface area contributed by atoms with Gasteiger partial charge in [0.05, 0.1) is 5.92 Å². The lowest BCUT2D eigenvalue weighted by molar-refractivity contribution is -0.187. The summed E-state index contributed by atoms with van der Waals surface area (Å²) in [7, 11) is 1.67. The van der Waals surface area contributed by atoms with E-state index >= 15 is 0 Å². The minimum absolute atomic E-state index is 0.129. The van der Waals surface area contributed by atoms with Gasteiger partial charge >= 0.3 is 6.18 Å². The molecule has 21 heavy (non-hydrogen) atoms. The molecule has 0 radical (unpaired) electrons. The van der Waals surface area contributed by atoms with Crippen LogP contribution >= 0.6 is 0 Å². The van der Waals surface area contributed by atoms with Gasteiger partial charge in [-0.15, -0.1) is 0 Å². The van der Waals surface area contributed by atoms with Crippen molar-refractivity contribution in [1.82, 2.24) is 5.32 Å². The first-order valence-electron chi connectivity index (χ1n) is 8.19. The normalized spacial score (nSPS) is 26.6. The van der Waals surface area contributed by atoms with Crippen LogP contribution in [0.3, 0.4) is 0 Å². The van der Waals surface area contributed by atoms with E-state index in [0.717, 1.165) is 25.8 Å². The van der Waals surface area contributed by atoms with Gasteiger partial charge in [0.2, 0.25) is 0 Å². The molecular formula is C16H30F3NO. The molecule has 0 bridgehead atoms. The first kappa shape index (κ1) is 18.8. The number of alkyl halides is 3. The van der Waals surface area contributed by atoms with Crippen molar-refractivity contribution in [1.29, 1.82) is 0 Å². The highest BCUT2D eigenvalue weighted by atomic mass is 19.4. The Kier molecular flexibility index (Phi) is 8.03. The highest BCUT2D eigenvalue weighted by Crippen LogP contribution is 2.42. The lowest BCUT2D eigenvalue weighted by atomic mass is 9.74. The fourth-order valence-electron chi connectivity index (χ4n) is 3.48. The van der Waals surface area contributed by atoms with E-state index in [1.807, 2.05) is 0 Å². The molecule has 2 nitrogen and oxygen atoms in total. The Bertz CT molecular complexity index is 283. The average Bonchev–Trinajstić information content (AvgIpc) is 2.45. The number of ether oxygens (including phenoxy) is 1. The molecule has 0 aromatic carbocycles. The molecule has 4 atom stereocenters. The largest absolute Gasteiger partial charge is 0.391 e. The molecule has 1 N–H and O–H groups in total. The molecule has 126 valence electrons. The summed E-state index contributed by atoms with van der Waals surface area (Å²) in [6.45, 7) is 5.75. The van der Waals surface area contributed by atoms with Gasteiger partial charge < -0.3 is 10.1 Å².